The Morgan fingerprint density at radius 2 is 2.00 bits per heavy atom. The molecule has 86 valence electrons. The van der Waals surface area contributed by atoms with Crippen molar-refractivity contribution < 1.29 is 0 Å². The first-order valence-electron chi connectivity index (χ1n) is 6.05. The van der Waals surface area contributed by atoms with Crippen molar-refractivity contribution in [3.8, 4) is 0 Å². The van der Waals surface area contributed by atoms with Crippen LogP contribution >= 0.6 is 12.8 Å². The number of likely N-dealkylation sites (tertiary alicyclic amines) is 1. The number of benzene rings is 1. The second-order valence-electron chi connectivity index (χ2n) is 4.96. The fourth-order valence-electron chi connectivity index (χ4n) is 3.00. The standard InChI is InChI=1S/C13H18N2S/c16-15-7-6-12-9-14(10-13(12)15)8-11-4-2-1-3-5-11/h1-5,12-13,16H,6-10H2. The number of rotatable bonds is 2. The van der Waals surface area contributed by atoms with E-state index in [9.17, 15) is 0 Å². The van der Waals surface area contributed by atoms with E-state index in [4.69, 9.17) is 0 Å². The average molecular weight is 234 g/mol. The molecule has 2 fully saturated rings. The quantitative estimate of drug-likeness (QED) is 0.782. The zero-order valence-electron chi connectivity index (χ0n) is 9.42. The maximum absolute atomic E-state index is 4.54. The van der Waals surface area contributed by atoms with Gasteiger partial charge < -0.3 is 0 Å². The van der Waals surface area contributed by atoms with E-state index in [0.29, 0.717) is 6.04 Å². The predicted octanol–water partition coefficient (Wildman–Crippen LogP) is 2.04. The lowest BCUT2D eigenvalue weighted by Crippen LogP contribution is -2.28. The summed E-state index contributed by atoms with van der Waals surface area (Å²) in [6.45, 7) is 4.69. The van der Waals surface area contributed by atoms with Crippen LogP contribution in [0.1, 0.15) is 12.0 Å². The fraction of sp³-hybridized carbons (Fsp3) is 0.538. The maximum Gasteiger partial charge on any atom is 0.0368 e. The Hall–Kier alpha value is -0.510. The van der Waals surface area contributed by atoms with Gasteiger partial charge in [0.2, 0.25) is 0 Å². The van der Waals surface area contributed by atoms with E-state index >= 15 is 0 Å². The zero-order valence-corrected chi connectivity index (χ0v) is 10.3. The summed E-state index contributed by atoms with van der Waals surface area (Å²) < 4.78 is 2.23. The molecule has 2 unspecified atom stereocenters. The molecule has 0 amide bonds. The van der Waals surface area contributed by atoms with Crippen molar-refractivity contribution in [1.29, 1.82) is 0 Å². The molecular formula is C13H18N2S. The molecule has 2 saturated heterocycles. The summed E-state index contributed by atoms with van der Waals surface area (Å²) in [4.78, 5) is 2.56. The number of nitrogens with zero attached hydrogens (tertiary/aromatic N) is 2. The van der Waals surface area contributed by atoms with Crippen molar-refractivity contribution in [3.05, 3.63) is 35.9 Å². The van der Waals surface area contributed by atoms with Crippen molar-refractivity contribution in [2.45, 2.75) is 19.0 Å². The first-order chi connectivity index (χ1) is 7.83. The van der Waals surface area contributed by atoms with Gasteiger partial charge in [-0.05, 0) is 17.9 Å². The van der Waals surface area contributed by atoms with Crippen LogP contribution in [0.5, 0.6) is 0 Å². The van der Waals surface area contributed by atoms with E-state index < -0.39 is 0 Å². The Balaban J connectivity index is 1.63. The molecule has 0 N–H and O–H groups in total. The van der Waals surface area contributed by atoms with Gasteiger partial charge in [-0.3, -0.25) is 4.90 Å². The van der Waals surface area contributed by atoms with E-state index in [1.165, 1.54) is 25.1 Å². The molecule has 3 heteroatoms. The molecule has 1 aromatic rings. The van der Waals surface area contributed by atoms with Crippen LogP contribution in [0.15, 0.2) is 30.3 Å². The fourth-order valence-corrected chi connectivity index (χ4v) is 3.37. The van der Waals surface area contributed by atoms with Crippen molar-refractivity contribution in [3.63, 3.8) is 0 Å². The number of hydrogen-bond donors (Lipinski definition) is 1. The van der Waals surface area contributed by atoms with Gasteiger partial charge in [0.15, 0.2) is 0 Å². The summed E-state index contributed by atoms with van der Waals surface area (Å²) in [5.41, 5.74) is 1.42. The molecule has 2 aliphatic heterocycles. The summed E-state index contributed by atoms with van der Waals surface area (Å²) in [5.74, 6) is 0.848. The third kappa shape index (κ3) is 1.99. The molecule has 0 saturated carbocycles. The SMILES string of the molecule is SN1CCC2CN(Cc3ccccc3)CC21. The van der Waals surface area contributed by atoms with E-state index in [0.717, 1.165) is 19.0 Å². The van der Waals surface area contributed by atoms with Crippen LogP contribution in [0, 0.1) is 5.92 Å². The summed E-state index contributed by atoms with van der Waals surface area (Å²) in [5, 5.41) is 0. The number of fused-ring (bicyclic) bond motifs is 1. The highest BCUT2D eigenvalue weighted by Crippen LogP contribution is 2.32. The van der Waals surface area contributed by atoms with E-state index in [1.54, 1.807) is 0 Å². The van der Waals surface area contributed by atoms with Crippen LogP contribution < -0.4 is 0 Å². The first kappa shape index (κ1) is 10.6. The van der Waals surface area contributed by atoms with Crippen LogP contribution in [-0.2, 0) is 6.54 Å². The van der Waals surface area contributed by atoms with Crippen LogP contribution in [0.25, 0.3) is 0 Å². The summed E-state index contributed by atoms with van der Waals surface area (Å²) in [6, 6.07) is 11.4. The zero-order chi connectivity index (χ0) is 11.0. The molecule has 2 aliphatic rings. The van der Waals surface area contributed by atoms with E-state index in [-0.39, 0.29) is 0 Å². The lowest BCUT2D eigenvalue weighted by molar-refractivity contribution is 0.293. The third-order valence-corrected chi connectivity index (χ3v) is 4.34. The Morgan fingerprint density at radius 3 is 2.75 bits per heavy atom. The molecular weight excluding hydrogens is 216 g/mol. The first-order valence-corrected chi connectivity index (χ1v) is 6.45. The Morgan fingerprint density at radius 1 is 1.19 bits per heavy atom. The molecule has 0 aromatic heterocycles. The average Bonchev–Trinajstić information content (AvgIpc) is 2.83. The molecule has 3 rings (SSSR count). The van der Waals surface area contributed by atoms with E-state index in [1.807, 2.05) is 0 Å². The second kappa shape index (κ2) is 4.40. The molecule has 0 bridgehead atoms. The van der Waals surface area contributed by atoms with Gasteiger partial charge in [0.1, 0.15) is 0 Å². The predicted molar refractivity (Wildman–Crippen MR) is 69.3 cm³/mol. The number of hydrogen-bond acceptors (Lipinski definition) is 3. The molecule has 1 aromatic carbocycles. The van der Waals surface area contributed by atoms with Crippen molar-refractivity contribution >= 4 is 12.8 Å². The largest absolute Gasteiger partial charge is 0.297 e. The summed E-state index contributed by atoms with van der Waals surface area (Å²) in [7, 11) is 0. The van der Waals surface area contributed by atoms with Gasteiger partial charge in [0.05, 0.1) is 0 Å². The molecule has 0 spiro atoms. The lowest BCUT2D eigenvalue weighted by Gasteiger charge is -2.19. The lowest BCUT2D eigenvalue weighted by atomic mass is 10.1. The van der Waals surface area contributed by atoms with Crippen LogP contribution in [0.3, 0.4) is 0 Å². The normalized spacial score (nSPS) is 30.8. The van der Waals surface area contributed by atoms with Gasteiger partial charge >= 0.3 is 0 Å². The Bertz CT molecular complexity index is 354. The summed E-state index contributed by atoms with van der Waals surface area (Å²) >= 11 is 4.54. The minimum absolute atomic E-state index is 0.687. The van der Waals surface area contributed by atoms with Crippen LogP contribution in [0.2, 0.25) is 0 Å². The second-order valence-corrected chi connectivity index (χ2v) is 5.47. The van der Waals surface area contributed by atoms with Gasteiger partial charge in [0, 0.05) is 32.2 Å². The van der Waals surface area contributed by atoms with Crippen LogP contribution in [-0.4, -0.2) is 34.9 Å². The van der Waals surface area contributed by atoms with Crippen molar-refractivity contribution in [1.82, 2.24) is 9.21 Å². The highest BCUT2D eigenvalue weighted by atomic mass is 32.1. The third-order valence-electron chi connectivity index (χ3n) is 3.84. The molecule has 0 aliphatic carbocycles. The van der Waals surface area contributed by atoms with E-state index in [2.05, 4.69) is 52.4 Å². The highest BCUT2D eigenvalue weighted by molar-refractivity contribution is 7.77. The van der Waals surface area contributed by atoms with Crippen molar-refractivity contribution in [2.75, 3.05) is 19.6 Å². The minimum Gasteiger partial charge on any atom is -0.297 e. The van der Waals surface area contributed by atoms with Gasteiger partial charge in [-0.2, -0.15) is 0 Å². The molecule has 2 atom stereocenters. The van der Waals surface area contributed by atoms with Gasteiger partial charge in [0.25, 0.3) is 0 Å². The van der Waals surface area contributed by atoms with Gasteiger partial charge in [-0.15, -0.1) is 0 Å². The maximum atomic E-state index is 4.54. The van der Waals surface area contributed by atoms with Gasteiger partial charge in [-0.25, -0.2) is 4.31 Å². The monoisotopic (exact) mass is 234 g/mol. The Labute approximate surface area is 103 Å². The molecule has 16 heavy (non-hydrogen) atoms. The van der Waals surface area contributed by atoms with Crippen LogP contribution in [0.4, 0.5) is 0 Å². The highest BCUT2D eigenvalue weighted by Gasteiger charge is 2.39. The Kier molecular flexibility index (Phi) is 2.92. The van der Waals surface area contributed by atoms with Crippen molar-refractivity contribution in [2.24, 2.45) is 5.92 Å². The molecule has 0 radical (unpaired) electrons. The minimum atomic E-state index is 0.687. The summed E-state index contributed by atoms with van der Waals surface area (Å²) in [6.07, 6.45) is 1.32. The van der Waals surface area contributed by atoms with Gasteiger partial charge in [-0.1, -0.05) is 43.1 Å². The topological polar surface area (TPSA) is 6.48 Å². The molecule has 2 nitrogen and oxygen atoms in total. The number of thiol groups is 1. The molecule has 2 heterocycles. The smallest absolute Gasteiger partial charge is 0.0368 e.